The quantitative estimate of drug-likeness (QED) is 0.746. The van der Waals surface area contributed by atoms with Crippen LogP contribution in [-0.4, -0.2) is 18.1 Å². The van der Waals surface area contributed by atoms with Gasteiger partial charge in [-0.3, -0.25) is 4.98 Å². The summed E-state index contributed by atoms with van der Waals surface area (Å²) in [4.78, 5) is 4.75. The number of nitrogens with zero attached hydrogens (tertiary/aromatic N) is 1. The molecular formula is C18H26N2O. The molecular weight excluding hydrogens is 260 g/mol. The van der Waals surface area contributed by atoms with Crippen LogP contribution in [0.3, 0.4) is 0 Å². The Morgan fingerprint density at radius 1 is 1.14 bits per heavy atom. The average Bonchev–Trinajstić information content (AvgIpc) is 2.48. The number of unbranched alkanes of at least 4 members (excludes halogenated alkanes) is 2. The molecule has 0 aliphatic heterocycles. The summed E-state index contributed by atoms with van der Waals surface area (Å²) < 4.78 is 5.78. The third-order valence-electron chi connectivity index (χ3n) is 3.69. The van der Waals surface area contributed by atoms with Crippen LogP contribution in [-0.2, 0) is 6.42 Å². The molecule has 114 valence electrons. The Balaban J connectivity index is 2.15. The first kappa shape index (κ1) is 15.8. The molecule has 0 amide bonds. The molecule has 0 fully saturated rings. The summed E-state index contributed by atoms with van der Waals surface area (Å²) in [5.41, 5.74) is 9.03. The highest BCUT2D eigenvalue weighted by molar-refractivity contribution is 5.83. The number of fused-ring (bicyclic) bond motifs is 1. The zero-order valence-corrected chi connectivity index (χ0v) is 13.2. The van der Waals surface area contributed by atoms with E-state index in [1.165, 1.54) is 10.9 Å². The van der Waals surface area contributed by atoms with Crippen LogP contribution in [0.2, 0.25) is 0 Å². The molecule has 2 aromatic rings. The molecule has 1 heterocycles. The zero-order chi connectivity index (χ0) is 15.1. The van der Waals surface area contributed by atoms with E-state index < -0.39 is 0 Å². The Morgan fingerprint density at radius 3 is 2.76 bits per heavy atom. The number of benzene rings is 1. The van der Waals surface area contributed by atoms with E-state index in [1.807, 2.05) is 6.07 Å². The van der Waals surface area contributed by atoms with Crippen molar-refractivity contribution in [2.75, 3.05) is 13.2 Å². The molecule has 0 bridgehead atoms. The first-order valence-corrected chi connectivity index (χ1v) is 7.97. The van der Waals surface area contributed by atoms with Crippen molar-refractivity contribution in [2.45, 2.75) is 46.0 Å². The van der Waals surface area contributed by atoms with Gasteiger partial charge in [-0.15, -0.1) is 0 Å². The van der Waals surface area contributed by atoms with E-state index in [0.29, 0.717) is 0 Å². The predicted octanol–water partition coefficient (Wildman–Crippen LogP) is 4.00. The van der Waals surface area contributed by atoms with Gasteiger partial charge in [0.2, 0.25) is 0 Å². The van der Waals surface area contributed by atoms with Gasteiger partial charge in [0.25, 0.3) is 0 Å². The Bertz CT molecular complexity index is 581. The fourth-order valence-corrected chi connectivity index (χ4v) is 2.45. The minimum Gasteiger partial charge on any atom is -0.494 e. The highest BCUT2D eigenvalue weighted by Gasteiger charge is 2.05. The molecule has 3 heteroatoms. The Morgan fingerprint density at radius 2 is 2.00 bits per heavy atom. The van der Waals surface area contributed by atoms with Gasteiger partial charge in [0.1, 0.15) is 5.75 Å². The summed E-state index contributed by atoms with van der Waals surface area (Å²) in [6.45, 7) is 5.85. The molecule has 0 spiro atoms. The van der Waals surface area contributed by atoms with Crippen molar-refractivity contribution in [3.05, 3.63) is 35.5 Å². The van der Waals surface area contributed by atoms with Gasteiger partial charge in [-0.25, -0.2) is 0 Å². The highest BCUT2D eigenvalue weighted by atomic mass is 16.5. The highest BCUT2D eigenvalue weighted by Crippen LogP contribution is 2.24. The molecule has 21 heavy (non-hydrogen) atoms. The minimum atomic E-state index is 0.755. The number of aryl methyl sites for hydroxylation is 2. The van der Waals surface area contributed by atoms with Crippen molar-refractivity contribution >= 4 is 10.9 Å². The number of pyridine rings is 1. The summed E-state index contributed by atoms with van der Waals surface area (Å²) in [5, 5.41) is 1.19. The largest absolute Gasteiger partial charge is 0.494 e. The number of ether oxygens (including phenoxy) is 1. The second-order valence-corrected chi connectivity index (χ2v) is 5.56. The molecule has 0 saturated carbocycles. The van der Waals surface area contributed by atoms with Crippen LogP contribution in [0.15, 0.2) is 24.3 Å². The Kier molecular flexibility index (Phi) is 6.00. The number of hydrogen-bond acceptors (Lipinski definition) is 3. The van der Waals surface area contributed by atoms with Crippen LogP contribution in [0.5, 0.6) is 5.75 Å². The SMILES string of the molecule is CCCCOc1ccc2nc(CCCCN)cc(C)c2c1. The van der Waals surface area contributed by atoms with Crippen molar-refractivity contribution in [1.82, 2.24) is 4.98 Å². The van der Waals surface area contributed by atoms with Crippen LogP contribution in [0.1, 0.15) is 43.9 Å². The summed E-state index contributed by atoms with van der Waals surface area (Å²) in [5.74, 6) is 0.941. The molecule has 0 radical (unpaired) electrons. The van der Waals surface area contributed by atoms with Gasteiger partial charge in [0.15, 0.2) is 0 Å². The van der Waals surface area contributed by atoms with Crippen LogP contribution in [0.4, 0.5) is 0 Å². The molecule has 3 nitrogen and oxygen atoms in total. The van der Waals surface area contributed by atoms with Gasteiger partial charge in [-0.05, 0) is 69.0 Å². The first-order valence-electron chi connectivity index (χ1n) is 7.97. The second kappa shape index (κ2) is 7.99. The molecule has 0 aliphatic rings. The van der Waals surface area contributed by atoms with Crippen molar-refractivity contribution < 1.29 is 4.74 Å². The van der Waals surface area contributed by atoms with Gasteiger partial charge >= 0.3 is 0 Å². The summed E-state index contributed by atoms with van der Waals surface area (Å²) in [7, 11) is 0. The lowest BCUT2D eigenvalue weighted by Crippen LogP contribution is -2.00. The van der Waals surface area contributed by atoms with Crippen LogP contribution in [0, 0.1) is 6.92 Å². The normalized spacial score (nSPS) is 11.0. The monoisotopic (exact) mass is 286 g/mol. The zero-order valence-electron chi connectivity index (χ0n) is 13.2. The molecule has 1 aromatic heterocycles. The lowest BCUT2D eigenvalue weighted by molar-refractivity contribution is 0.310. The van der Waals surface area contributed by atoms with Gasteiger partial charge in [-0.2, -0.15) is 0 Å². The standard InChI is InChI=1S/C18H26N2O/c1-3-4-11-21-16-8-9-18-17(13-16)14(2)12-15(20-18)7-5-6-10-19/h8-9,12-13H,3-7,10-11,19H2,1-2H3. The van der Waals surface area contributed by atoms with Gasteiger partial charge in [0, 0.05) is 11.1 Å². The molecule has 0 unspecified atom stereocenters. The van der Waals surface area contributed by atoms with Crippen molar-refractivity contribution in [3.8, 4) is 5.75 Å². The maximum atomic E-state index is 5.78. The summed E-state index contributed by atoms with van der Waals surface area (Å²) >= 11 is 0. The second-order valence-electron chi connectivity index (χ2n) is 5.56. The van der Waals surface area contributed by atoms with Crippen LogP contribution in [0.25, 0.3) is 10.9 Å². The predicted molar refractivity (Wildman–Crippen MR) is 88.9 cm³/mol. The number of nitrogens with two attached hydrogens (primary N) is 1. The Labute approximate surface area is 127 Å². The van der Waals surface area contributed by atoms with Gasteiger partial charge < -0.3 is 10.5 Å². The molecule has 0 aliphatic carbocycles. The smallest absolute Gasteiger partial charge is 0.120 e. The van der Waals surface area contributed by atoms with Crippen molar-refractivity contribution in [1.29, 1.82) is 0 Å². The van der Waals surface area contributed by atoms with E-state index in [0.717, 1.165) is 62.2 Å². The van der Waals surface area contributed by atoms with Crippen LogP contribution < -0.4 is 10.5 Å². The van der Waals surface area contributed by atoms with Crippen molar-refractivity contribution in [2.24, 2.45) is 5.73 Å². The topological polar surface area (TPSA) is 48.1 Å². The van der Waals surface area contributed by atoms with E-state index >= 15 is 0 Å². The molecule has 0 saturated heterocycles. The maximum Gasteiger partial charge on any atom is 0.120 e. The first-order chi connectivity index (χ1) is 10.2. The molecule has 1 aromatic carbocycles. The third kappa shape index (κ3) is 4.43. The van der Waals surface area contributed by atoms with E-state index in [2.05, 4.69) is 32.0 Å². The minimum absolute atomic E-state index is 0.755. The fraction of sp³-hybridized carbons (Fsp3) is 0.500. The summed E-state index contributed by atoms with van der Waals surface area (Å²) in [6.07, 6.45) is 5.41. The number of rotatable bonds is 8. The van der Waals surface area contributed by atoms with Gasteiger partial charge in [0.05, 0.1) is 12.1 Å². The molecule has 2 N–H and O–H groups in total. The average molecular weight is 286 g/mol. The molecule has 0 atom stereocenters. The van der Waals surface area contributed by atoms with Crippen molar-refractivity contribution in [3.63, 3.8) is 0 Å². The van der Waals surface area contributed by atoms with E-state index in [-0.39, 0.29) is 0 Å². The maximum absolute atomic E-state index is 5.78. The van der Waals surface area contributed by atoms with Gasteiger partial charge in [-0.1, -0.05) is 13.3 Å². The fourth-order valence-electron chi connectivity index (χ4n) is 2.45. The van der Waals surface area contributed by atoms with E-state index in [4.69, 9.17) is 15.5 Å². The lowest BCUT2D eigenvalue weighted by atomic mass is 10.1. The molecule has 2 rings (SSSR count). The Hall–Kier alpha value is -1.61. The number of aromatic nitrogens is 1. The third-order valence-corrected chi connectivity index (χ3v) is 3.69. The van der Waals surface area contributed by atoms with E-state index in [9.17, 15) is 0 Å². The van der Waals surface area contributed by atoms with Crippen LogP contribution >= 0.6 is 0 Å². The number of hydrogen-bond donors (Lipinski definition) is 1. The summed E-state index contributed by atoms with van der Waals surface area (Å²) in [6, 6.07) is 8.38. The van der Waals surface area contributed by atoms with E-state index in [1.54, 1.807) is 0 Å². The lowest BCUT2D eigenvalue weighted by Gasteiger charge is -2.10.